The van der Waals surface area contributed by atoms with Crippen LogP contribution >= 0.6 is 12.4 Å². The molecular formula is C17H20ClN5O4. The number of hydrogen-bond acceptors (Lipinski definition) is 6. The van der Waals surface area contributed by atoms with Gasteiger partial charge in [-0.25, -0.2) is 9.78 Å². The van der Waals surface area contributed by atoms with Crippen LogP contribution in [0.15, 0.2) is 40.3 Å². The number of imidazole rings is 1. The van der Waals surface area contributed by atoms with Crippen LogP contribution in [0.25, 0.3) is 16.8 Å². The first-order valence-corrected chi connectivity index (χ1v) is 7.90. The summed E-state index contributed by atoms with van der Waals surface area (Å²) in [5.74, 6) is -0.505. The van der Waals surface area contributed by atoms with Crippen molar-refractivity contribution >= 4 is 24.0 Å². The number of aryl methyl sites for hydroxylation is 1. The normalized spacial score (nSPS) is 11.9. The summed E-state index contributed by atoms with van der Waals surface area (Å²) in [6.45, 7) is 0. The molecule has 0 spiro atoms. The van der Waals surface area contributed by atoms with Crippen LogP contribution in [0.1, 0.15) is 5.69 Å². The second-order valence-electron chi connectivity index (χ2n) is 5.99. The Kier molecular flexibility index (Phi) is 5.87. The molecule has 3 heterocycles. The average Bonchev–Trinajstić information content (AvgIpc) is 3.13. The number of fused-ring (bicyclic) bond motifs is 1. The van der Waals surface area contributed by atoms with Gasteiger partial charge in [0.2, 0.25) is 0 Å². The van der Waals surface area contributed by atoms with Crippen molar-refractivity contribution in [1.29, 1.82) is 0 Å². The van der Waals surface area contributed by atoms with Gasteiger partial charge in [-0.1, -0.05) is 0 Å². The minimum atomic E-state index is -0.804. The molecule has 0 saturated heterocycles. The van der Waals surface area contributed by atoms with Gasteiger partial charge < -0.3 is 19.4 Å². The van der Waals surface area contributed by atoms with Crippen molar-refractivity contribution in [3.63, 3.8) is 0 Å². The number of hydrogen-bond donors (Lipinski definition) is 1. The molecule has 27 heavy (non-hydrogen) atoms. The summed E-state index contributed by atoms with van der Waals surface area (Å²) in [6.07, 6.45) is 5.07. The summed E-state index contributed by atoms with van der Waals surface area (Å²) >= 11 is 0. The summed E-state index contributed by atoms with van der Waals surface area (Å²) in [5, 5.41) is 0. The van der Waals surface area contributed by atoms with E-state index in [1.807, 2.05) is 0 Å². The van der Waals surface area contributed by atoms with Crippen molar-refractivity contribution < 1.29 is 9.53 Å². The van der Waals surface area contributed by atoms with Gasteiger partial charge in [0.15, 0.2) is 0 Å². The Labute approximate surface area is 160 Å². The number of carbonyl (C=O) groups excluding carboxylic acids is 1. The first-order chi connectivity index (χ1) is 12.3. The third-order valence-electron chi connectivity index (χ3n) is 4.30. The van der Waals surface area contributed by atoms with Crippen molar-refractivity contribution in [3.05, 3.63) is 57.3 Å². The lowest BCUT2D eigenvalue weighted by Crippen LogP contribution is -2.37. The maximum absolute atomic E-state index is 12.5. The van der Waals surface area contributed by atoms with Crippen LogP contribution in [-0.4, -0.2) is 37.6 Å². The Morgan fingerprint density at radius 2 is 1.96 bits per heavy atom. The number of nitrogens with zero attached hydrogens (tertiary/aromatic N) is 4. The van der Waals surface area contributed by atoms with Gasteiger partial charge in [-0.05, 0) is 12.1 Å². The second kappa shape index (κ2) is 7.77. The lowest BCUT2D eigenvalue weighted by Gasteiger charge is -2.13. The van der Waals surface area contributed by atoms with Gasteiger partial charge in [-0.3, -0.25) is 14.2 Å². The Morgan fingerprint density at radius 3 is 2.63 bits per heavy atom. The van der Waals surface area contributed by atoms with E-state index in [0.29, 0.717) is 16.8 Å². The number of methoxy groups -OCH3 is 1. The summed E-state index contributed by atoms with van der Waals surface area (Å²) in [5.41, 5.74) is 7.27. The molecule has 2 N–H and O–H groups in total. The van der Waals surface area contributed by atoms with Gasteiger partial charge in [0, 0.05) is 50.4 Å². The molecule has 0 aliphatic carbocycles. The molecule has 3 aromatic heterocycles. The molecule has 0 fully saturated rings. The van der Waals surface area contributed by atoms with Crippen LogP contribution in [0.3, 0.4) is 0 Å². The minimum absolute atomic E-state index is 0. The highest BCUT2D eigenvalue weighted by atomic mass is 35.5. The zero-order chi connectivity index (χ0) is 19.0. The van der Waals surface area contributed by atoms with Crippen molar-refractivity contribution in [3.8, 4) is 11.1 Å². The third-order valence-corrected chi connectivity index (χ3v) is 4.30. The van der Waals surface area contributed by atoms with Crippen LogP contribution in [0.4, 0.5) is 0 Å². The molecule has 0 unspecified atom stereocenters. The largest absolute Gasteiger partial charge is 0.468 e. The first kappa shape index (κ1) is 20.4. The molecule has 0 amide bonds. The molecular weight excluding hydrogens is 374 g/mol. The monoisotopic (exact) mass is 393 g/mol. The fourth-order valence-electron chi connectivity index (χ4n) is 2.90. The van der Waals surface area contributed by atoms with Crippen LogP contribution in [0.5, 0.6) is 0 Å². The molecule has 0 radical (unpaired) electrons. The van der Waals surface area contributed by atoms with Gasteiger partial charge in [0.05, 0.1) is 12.7 Å². The van der Waals surface area contributed by atoms with Crippen molar-refractivity contribution in [2.24, 2.45) is 19.8 Å². The molecule has 9 nitrogen and oxygen atoms in total. The van der Waals surface area contributed by atoms with E-state index < -0.39 is 23.3 Å². The Hall–Kier alpha value is -2.91. The Bertz CT molecular complexity index is 1110. The van der Waals surface area contributed by atoms with E-state index >= 15 is 0 Å². The topological polar surface area (TPSA) is 114 Å². The van der Waals surface area contributed by atoms with E-state index in [1.165, 1.54) is 24.9 Å². The van der Waals surface area contributed by atoms with Crippen molar-refractivity contribution in [2.45, 2.75) is 12.5 Å². The van der Waals surface area contributed by atoms with Crippen molar-refractivity contribution in [1.82, 2.24) is 18.5 Å². The molecule has 1 atom stereocenters. The number of pyridine rings is 1. The fraction of sp³-hybridized carbons (Fsp3) is 0.294. The standard InChI is InChI=1S/C17H19N5O4.ClH/c1-20-9-12(15(23)21(2)17(20)25)11-5-4-10(8-13(18)16(24)26-3)22-7-6-19-14(11)22;/h4-7,9,13H,8,18H2,1-3H3;1H/t13-;/m0./s1. The van der Waals surface area contributed by atoms with Crippen LogP contribution in [0.2, 0.25) is 0 Å². The smallest absolute Gasteiger partial charge is 0.330 e. The zero-order valence-corrected chi connectivity index (χ0v) is 15.9. The Morgan fingerprint density at radius 1 is 1.26 bits per heavy atom. The summed E-state index contributed by atoms with van der Waals surface area (Å²) in [7, 11) is 4.30. The molecule has 3 rings (SSSR count). The quantitative estimate of drug-likeness (QED) is 0.617. The zero-order valence-electron chi connectivity index (χ0n) is 15.1. The molecule has 3 aromatic rings. The molecule has 144 valence electrons. The van der Waals surface area contributed by atoms with Gasteiger partial charge in [-0.2, -0.15) is 0 Å². The second-order valence-corrected chi connectivity index (χ2v) is 5.99. The number of esters is 1. The SMILES string of the molecule is COC(=O)[C@@H](N)Cc1ccc(-c2cn(C)c(=O)n(C)c2=O)c2nccn12.Cl. The first-order valence-electron chi connectivity index (χ1n) is 7.90. The molecule has 0 saturated carbocycles. The highest BCUT2D eigenvalue weighted by molar-refractivity contribution is 5.85. The molecule has 0 aromatic carbocycles. The third kappa shape index (κ3) is 3.51. The maximum Gasteiger partial charge on any atom is 0.330 e. The predicted molar refractivity (Wildman–Crippen MR) is 102 cm³/mol. The molecule has 10 heteroatoms. The van der Waals surface area contributed by atoms with E-state index in [4.69, 9.17) is 5.73 Å². The number of ether oxygens (including phenoxy) is 1. The Balaban J connectivity index is 0.00000261. The number of halogens is 1. The number of rotatable bonds is 4. The number of carbonyl (C=O) groups is 1. The summed E-state index contributed by atoms with van der Waals surface area (Å²) in [6, 6.07) is 2.71. The number of aromatic nitrogens is 4. The van der Waals surface area contributed by atoms with E-state index in [2.05, 4.69) is 9.72 Å². The number of nitrogens with two attached hydrogens (primary N) is 1. The molecule has 0 bridgehead atoms. The lowest BCUT2D eigenvalue weighted by molar-refractivity contribution is -0.142. The van der Waals surface area contributed by atoms with E-state index in [-0.39, 0.29) is 18.8 Å². The summed E-state index contributed by atoms with van der Waals surface area (Å²) < 4.78 is 8.82. The predicted octanol–water partition coefficient (Wildman–Crippen LogP) is -0.137. The van der Waals surface area contributed by atoms with Crippen LogP contribution in [0, 0.1) is 0 Å². The van der Waals surface area contributed by atoms with Crippen LogP contribution in [-0.2, 0) is 30.0 Å². The van der Waals surface area contributed by atoms with Crippen molar-refractivity contribution in [2.75, 3.05) is 7.11 Å². The highest BCUT2D eigenvalue weighted by Gasteiger charge is 2.19. The van der Waals surface area contributed by atoms with E-state index in [1.54, 1.807) is 36.0 Å². The molecule has 0 aliphatic rings. The van der Waals surface area contributed by atoms with Gasteiger partial charge >= 0.3 is 11.7 Å². The maximum atomic E-state index is 12.5. The summed E-state index contributed by atoms with van der Waals surface area (Å²) in [4.78, 5) is 40.3. The average molecular weight is 394 g/mol. The fourth-order valence-corrected chi connectivity index (χ4v) is 2.90. The van der Waals surface area contributed by atoms with E-state index in [0.717, 1.165) is 10.3 Å². The van der Waals surface area contributed by atoms with Crippen LogP contribution < -0.4 is 17.0 Å². The van der Waals surface area contributed by atoms with Gasteiger partial charge in [0.1, 0.15) is 11.7 Å². The van der Waals surface area contributed by atoms with Gasteiger partial charge in [0.25, 0.3) is 5.56 Å². The van der Waals surface area contributed by atoms with Gasteiger partial charge in [-0.15, -0.1) is 12.4 Å². The highest BCUT2D eigenvalue weighted by Crippen LogP contribution is 2.22. The minimum Gasteiger partial charge on any atom is -0.468 e. The molecule has 0 aliphatic heterocycles. The van der Waals surface area contributed by atoms with E-state index in [9.17, 15) is 14.4 Å². The lowest BCUT2D eigenvalue weighted by atomic mass is 10.1.